The van der Waals surface area contributed by atoms with E-state index in [4.69, 9.17) is 5.73 Å². The molecule has 0 bridgehead atoms. The average molecular weight is 271 g/mol. The molecule has 1 saturated carbocycles. The molecule has 2 aromatic rings. The fraction of sp³-hybridized carbons (Fsp3) is 0.438. The first-order valence-electron chi connectivity index (χ1n) is 7.24. The molecule has 1 aromatic carbocycles. The van der Waals surface area contributed by atoms with Gasteiger partial charge in [0.15, 0.2) is 0 Å². The molecule has 1 atom stereocenters. The molecule has 0 aliphatic heterocycles. The first-order valence-corrected chi connectivity index (χ1v) is 7.24. The van der Waals surface area contributed by atoms with Crippen LogP contribution >= 0.6 is 0 Å². The van der Waals surface area contributed by atoms with Crippen molar-refractivity contribution < 1.29 is 4.79 Å². The highest BCUT2D eigenvalue weighted by Gasteiger charge is 2.20. The zero-order valence-corrected chi connectivity index (χ0v) is 11.8. The van der Waals surface area contributed by atoms with E-state index >= 15 is 0 Å². The molecule has 1 heterocycles. The van der Waals surface area contributed by atoms with Gasteiger partial charge in [-0.25, -0.2) is 0 Å². The monoisotopic (exact) mass is 271 g/mol. The quantitative estimate of drug-likeness (QED) is 0.844. The number of carbonyl (C=O) groups excluding carboxylic acids is 1. The molecule has 4 nitrogen and oxygen atoms in total. The van der Waals surface area contributed by atoms with E-state index in [-0.39, 0.29) is 11.8 Å². The van der Waals surface area contributed by atoms with Gasteiger partial charge in [0.25, 0.3) is 0 Å². The number of hydrogen-bond donors (Lipinski definition) is 2. The van der Waals surface area contributed by atoms with E-state index in [1.165, 1.54) is 29.3 Å². The van der Waals surface area contributed by atoms with Crippen LogP contribution < -0.4 is 11.1 Å². The zero-order chi connectivity index (χ0) is 14.1. The summed E-state index contributed by atoms with van der Waals surface area (Å²) < 4.78 is 2.12. The van der Waals surface area contributed by atoms with Crippen molar-refractivity contribution in [3.63, 3.8) is 0 Å². The predicted molar refractivity (Wildman–Crippen MR) is 80.2 cm³/mol. The third-order valence-electron chi connectivity index (χ3n) is 3.97. The van der Waals surface area contributed by atoms with E-state index in [1.807, 2.05) is 13.1 Å². The van der Waals surface area contributed by atoms with Crippen LogP contribution in [0.2, 0.25) is 0 Å². The van der Waals surface area contributed by atoms with Crippen molar-refractivity contribution in [3.05, 3.63) is 36.0 Å². The van der Waals surface area contributed by atoms with Crippen molar-refractivity contribution in [1.82, 2.24) is 9.88 Å². The molecular weight excluding hydrogens is 250 g/mol. The van der Waals surface area contributed by atoms with Crippen molar-refractivity contribution >= 4 is 16.8 Å². The summed E-state index contributed by atoms with van der Waals surface area (Å²) >= 11 is 0. The van der Waals surface area contributed by atoms with Crippen LogP contribution in [0.15, 0.2) is 30.5 Å². The van der Waals surface area contributed by atoms with E-state index in [9.17, 15) is 4.79 Å². The Bertz CT molecular complexity index is 628. The van der Waals surface area contributed by atoms with Gasteiger partial charge in [-0.3, -0.25) is 4.79 Å². The number of rotatable bonds is 6. The van der Waals surface area contributed by atoms with Crippen LogP contribution in [0.5, 0.6) is 0 Å². The Kier molecular flexibility index (Phi) is 3.49. The molecule has 3 rings (SSSR count). The largest absolute Gasteiger partial charge is 0.369 e. The third kappa shape index (κ3) is 2.85. The number of fused-ring (bicyclic) bond motifs is 1. The van der Waals surface area contributed by atoms with Crippen molar-refractivity contribution in [2.75, 3.05) is 0 Å². The number of amides is 1. The molecule has 106 valence electrons. The molecule has 1 aromatic heterocycles. The van der Waals surface area contributed by atoms with Gasteiger partial charge >= 0.3 is 0 Å². The first-order chi connectivity index (χ1) is 9.63. The minimum absolute atomic E-state index is 0.154. The highest BCUT2D eigenvalue weighted by Crippen LogP contribution is 2.22. The summed E-state index contributed by atoms with van der Waals surface area (Å²) in [4.78, 5) is 11.2. The predicted octanol–water partition coefficient (Wildman–Crippen LogP) is 2.01. The number of benzene rings is 1. The van der Waals surface area contributed by atoms with Crippen molar-refractivity contribution in [1.29, 1.82) is 0 Å². The topological polar surface area (TPSA) is 60.1 Å². The average Bonchev–Trinajstić information content (AvgIpc) is 3.18. The Balaban J connectivity index is 1.80. The lowest BCUT2D eigenvalue weighted by Gasteiger charge is -2.11. The van der Waals surface area contributed by atoms with Crippen molar-refractivity contribution in [2.45, 2.75) is 38.9 Å². The van der Waals surface area contributed by atoms with Gasteiger partial charge in [-0.1, -0.05) is 19.1 Å². The normalized spacial score (nSPS) is 16.4. The number of hydrogen-bond acceptors (Lipinski definition) is 2. The van der Waals surface area contributed by atoms with E-state index in [0.717, 1.165) is 6.54 Å². The molecular formula is C16H21N3O. The van der Waals surface area contributed by atoms with Gasteiger partial charge in [-0.05, 0) is 35.9 Å². The Morgan fingerprint density at radius 1 is 1.45 bits per heavy atom. The SMILES string of the molecule is CC(Cn1ccc2ccc(CNC3CC3)cc21)C(N)=O. The summed E-state index contributed by atoms with van der Waals surface area (Å²) in [5.74, 6) is -0.405. The lowest BCUT2D eigenvalue weighted by molar-refractivity contribution is -0.121. The Morgan fingerprint density at radius 2 is 2.25 bits per heavy atom. The van der Waals surface area contributed by atoms with E-state index in [2.05, 4.69) is 34.1 Å². The van der Waals surface area contributed by atoms with Crippen LogP contribution in [0.4, 0.5) is 0 Å². The summed E-state index contributed by atoms with van der Waals surface area (Å²) in [6.07, 6.45) is 4.63. The van der Waals surface area contributed by atoms with Gasteiger partial charge in [0, 0.05) is 30.8 Å². The fourth-order valence-corrected chi connectivity index (χ4v) is 2.43. The lowest BCUT2D eigenvalue weighted by Crippen LogP contribution is -2.24. The second-order valence-electron chi connectivity index (χ2n) is 5.82. The molecule has 0 radical (unpaired) electrons. The van der Waals surface area contributed by atoms with Crippen LogP contribution in [0.3, 0.4) is 0 Å². The number of nitrogens with one attached hydrogen (secondary N) is 1. The number of nitrogens with zero attached hydrogens (tertiary/aromatic N) is 1. The molecule has 1 aliphatic rings. The van der Waals surface area contributed by atoms with Crippen LogP contribution in [-0.4, -0.2) is 16.5 Å². The highest BCUT2D eigenvalue weighted by molar-refractivity contribution is 5.81. The molecule has 1 fully saturated rings. The van der Waals surface area contributed by atoms with Crippen LogP contribution in [0.1, 0.15) is 25.3 Å². The highest BCUT2D eigenvalue weighted by atomic mass is 16.1. The van der Waals surface area contributed by atoms with Crippen LogP contribution in [0, 0.1) is 5.92 Å². The van der Waals surface area contributed by atoms with Gasteiger partial charge in [-0.2, -0.15) is 0 Å². The van der Waals surface area contributed by atoms with E-state index in [0.29, 0.717) is 12.6 Å². The minimum atomic E-state index is -0.251. The minimum Gasteiger partial charge on any atom is -0.369 e. The van der Waals surface area contributed by atoms with Gasteiger partial charge in [-0.15, -0.1) is 0 Å². The Morgan fingerprint density at radius 3 is 2.95 bits per heavy atom. The van der Waals surface area contributed by atoms with Gasteiger partial charge in [0.1, 0.15) is 0 Å². The number of aromatic nitrogens is 1. The zero-order valence-electron chi connectivity index (χ0n) is 11.8. The summed E-state index contributed by atoms with van der Waals surface area (Å²) in [5.41, 5.74) is 7.81. The van der Waals surface area contributed by atoms with Gasteiger partial charge in [0.2, 0.25) is 5.91 Å². The van der Waals surface area contributed by atoms with E-state index in [1.54, 1.807) is 0 Å². The fourth-order valence-electron chi connectivity index (χ4n) is 2.43. The maximum atomic E-state index is 11.2. The number of nitrogens with two attached hydrogens (primary N) is 1. The summed E-state index contributed by atoms with van der Waals surface area (Å²) in [5, 5.41) is 4.73. The lowest BCUT2D eigenvalue weighted by atomic mass is 10.1. The van der Waals surface area contributed by atoms with Gasteiger partial charge in [0.05, 0.1) is 5.92 Å². The second kappa shape index (κ2) is 5.29. The molecule has 1 amide bonds. The third-order valence-corrected chi connectivity index (χ3v) is 3.97. The second-order valence-corrected chi connectivity index (χ2v) is 5.82. The first kappa shape index (κ1) is 13.2. The maximum Gasteiger partial charge on any atom is 0.222 e. The van der Waals surface area contributed by atoms with Crippen LogP contribution in [0.25, 0.3) is 10.9 Å². The standard InChI is InChI=1S/C16H21N3O/c1-11(16(17)20)10-19-7-6-13-3-2-12(8-15(13)19)9-18-14-4-5-14/h2-3,6-8,11,14,18H,4-5,9-10H2,1H3,(H2,17,20). The molecule has 4 heteroatoms. The van der Waals surface area contributed by atoms with Gasteiger partial charge < -0.3 is 15.6 Å². The molecule has 1 unspecified atom stereocenters. The van der Waals surface area contributed by atoms with E-state index < -0.39 is 0 Å². The number of primary amides is 1. The Labute approximate surface area is 118 Å². The summed E-state index contributed by atoms with van der Waals surface area (Å²) in [6.45, 7) is 3.42. The smallest absolute Gasteiger partial charge is 0.222 e. The van der Waals surface area contributed by atoms with Crippen molar-refractivity contribution in [3.8, 4) is 0 Å². The summed E-state index contributed by atoms with van der Waals surface area (Å²) in [6, 6.07) is 9.32. The van der Waals surface area contributed by atoms with Crippen molar-refractivity contribution in [2.24, 2.45) is 11.7 Å². The van der Waals surface area contributed by atoms with Crippen LogP contribution in [-0.2, 0) is 17.9 Å². The Hall–Kier alpha value is -1.81. The molecule has 20 heavy (non-hydrogen) atoms. The molecule has 3 N–H and O–H groups in total. The molecule has 1 aliphatic carbocycles. The maximum absolute atomic E-state index is 11.2. The molecule has 0 spiro atoms. The summed E-state index contributed by atoms with van der Waals surface area (Å²) in [7, 11) is 0. The molecule has 0 saturated heterocycles. The number of carbonyl (C=O) groups is 1.